The molecule has 31 heavy (non-hydrogen) atoms. The van der Waals surface area contributed by atoms with Gasteiger partial charge < -0.3 is 15.2 Å². The number of benzene rings is 2. The molecule has 2 aromatic carbocycles. The van der Waals surface area contributed by atoms with E-state index >= 15 is 0 Å². The highest BCUT2D eigenvalue weighted by molar-refractivity contribution is 5.79. The van der Waals surface area contributed by atoms with Gasteiger partial charge in [-0.1, -0.05) is 31.4 Å². The standard InChI is InChI=1S/C24H29N3O4/c1-30-21-11-9-17(13-22(21)31-2)15-26-23(28)19-12-16(14-25)8-10-20(19)27(24(26)29)18-6-4-3-5-7-18/h8-13,18H,3-7,14-15,25H2,1-2H3. The summed E-state index contributed by atoms with van der Waals surface area (Å²) in [5.74, 6) is 1.16. The van der Waals surface area contributed by atoms with Gasteiger partial charge in [-0.2, -0.15) is 0 Å². The van der Waals surface area contributed by atoms with Crippen molar-refractivity contribution in [3.05, 3.63) is 68.4 Å². The van der Waals surface area contributed by atoms with Gasteiger partial charge in [0, 0.05) is 12.6 Å². The zero-order chi connectivity index (χ0) is 22.0. The average Bonchev–Trinajstić information content (AvgIpc) is 2.82. The van der Waals surface area contributed by atoms with E-state index in [4.69, 9.17) is 15.2 Å². The Morgan fingerprint density at radius 2 is 1.65 bits per heavy atom. The summed E-state index contributed by atoms with van der Waals surface area (Å²) >= 11 is 0. The zero-order valence-electron chi connectivity index (χ0n) is 18.1. The Balaban J connectivity index is 1.90. The maximum Gasteiger partial charge on any atom is 0.332 e. The van der Waals surface area contributed by atoms with Crippen molar-refractivity contribution in [2.75, 3.05) is 14.2 Å². The second-order valence-corrected chi connectivity index (χ2v) is 8.08. The zero-order valence-corrected chi connectivity index (χ0v) is 18.1. The van der Waals surface area contributed by atoms with E-state index in [-0.39, 0.29) is 23.8 Å². The Labute approximate surface area is 181 Å². The Morgan fingerprint density at radius 1 is 0.935 bits per heavy atom. The minimum atomic E-state index is -0.294. The number of aromatic nitrogens is 2. The second-order valence-electron chi connectivity index (χ2n) is 8.08. The van der Waals surface area contributed by atoms with Crippen LogP contribution in [0.2, 0.25) is 0 Å². The molecule has 0 unspecified atom stereocenters. The SMILES string of the molecule is COc1ccc(Cn2c(=O)c3cc(CN)ccc3n(C3CCCCC3)c2=O)cc1OC. The van der Waals surface area contributed by atoms with Crippen molar-refractivity contribution in [1.82, 2.24) is 9.13 Å². The molecule has 0 amide bonds. The normalized spacial score (nSPS) is 14.7. The highest BCUT2D eigenvalue weighted by Gasteiger charge is 2.22. The average molecular weight is 424 g/mol. The molecule has 0 spiro atoms. The van der Waals surface area contributed by atoms with Crippen molar-refractivity contribution in [1.29, 1.82) is 0 Å². The van der Waals surface area contributed by atoms with Crippen molar-refractivity contribution in [3.8, 4) is 11.5 Å². The van der Waals surface area contributed by atoms with Gasteiger partial charge in [0.25, 0.3) is 5.56 Å². The molecule has 1 fully saturated rings. The highest BCUT2D eigenvalue weighted by Crippen LogP contribution is 2.30. The number of methoxy groups -OCH3 is 2. The number of fused-ring (bicyclic) bond motifs is 1. The van der Waals surface area contributed by atoms with E-state index in [1.165, 1.54) is 11.0 Å². The monoisotopic (exact) mass is 423 g/mol. The molecule has 1 saturated carbocycles. The van der Waals surface area contributed by atoms with Crippen molar-refractivity contribution in [2.24, 2.45) is 5.73 Å². The van der Waals surface area contributed by atoms with Gasteiger partial charge >= 0.3 is 5.69 Å². The van der Waals surface area contributed by atoms with Crippen LogP contribution in [0.25, 0.3) is 10.9 Å². The third-order valence-electron chi connectivity index (χ3n) is 6.20. The van der Waals surface area contributed by atoms with Crippen LogP contribution in [-0.4, -0.2) is 23.4 Å². The first kappa shape index (κ1) is 21.2. The van der Waals surface area contributed by atoms with Crippen LogP contribution in [0.3, 0.4) is 0 Å². The summed E-state index contributed by atoms with van der Waals surface area (Å²) in [5, 5.41) is 0.536. The lowest BCUT2D eigenvalue weighted by atomic mass is 9.95. The van der Waals surface area contributed by atoms with Crippen molar-refractivity contribution < 1.29 is 9.47 Å². The first-order chi connectivity index (χ1) is 15.1. The van der Waals surface area contributed by atoms with Crippen LogP contribution < -0.4 is 26.5 Å². The molecule has 1 aromatic heterocycles. The molecule has 0 bridgehead atoms. The lowest BCUT2D eigenvalue weighted by Crippen LogP contribution is -2.42. The summed E-state index contributed by atoms with van der Waals surface area (Å²) in [7, 11) is 3.14. The Morgan fingerprint density at radius 3 is 2.32 bits per heavy atom. The summed E-state index contributed by atoms with van der Waals surface area (Å²) in [5.41, 5.74) is 7.62. The van der Waals surface area contributed by atoms with Gasteiger partial charge in [0.15, 0.2) is 11.5 Å². The van der Waals surface area contributed by atoms with Crippen LogP contribution in [0.4, 0.5) is 0 Å². The predicted octanol–water partition coefficient (Wildman–Crippen LogP) is 3.19. The first-order valence-electron chi connectivity index (χ1n) is 10.8. The summed E-state index contributed by atoms with van der Waals surface area (Å²) in [4.78, 5) is 27.0. The fourth-order valence-electron chi connectivity index (χ4n) is 4.55. The molecular weight excluding hydrogens is 394 g/mol. The Kier molecular flexibility index (Phi) is 6.13. The quantitative estimate of drug-likeness (QED) is 0.658. The molecule has 0 aliphatic heterocycles. The number of hydrogen-bond donors (Lipinski definition) is 1. The number of hydrogen-bond acceptors (Lipinski definition) is 5. The van der Waals surface area contributed by atoms with Gasteiger partial charge in [-0.25, -0.2) is 4.79 Å². The molecule has 4 rings (SSSR count). The molecule has 1 heterocycles. The minimum Gasteiger partial charge on any atom is -0.493 e. The van der Waals surface area contributed by atoms with E-state index in [1.54, 1.807) is 26.4 Å². The van der Waals surface area contributed by atoms with Gasteiger partial charge in [0.1, 0.15) is 0 Å². The van der Waals surface area contributed by atoms with E-state index in [9.17, 15) is 9.59 Å². The molecule has 0 radical (unpaired) electrons. The smallest absolute Gasteiger partial charge is 0.332 e. The van der Waals surface area contributed by atoms with E-state index in [0.717, 1.165) is 36.8 Å². The molecule has 1 aliphatic rings. The van der Waals surface area contributed by atoms with E-state index in [1.807, 2.05) is 28.8 Å². The Hall–Kier alpha value is -3.06. The van der Waals surface area contributed by atoms with Crippen LogP contribution in [-0.2, 0) is 13.1 Å². The van der Waals surface area contributed by atoms with Crippen molar-refractivity contribution >= 4 is 10.9 Å². The van der Waals surface area contributed by atoms with Gasteiger partial charge in [0.2, 0.25) is 0 Å². The Bertz CT molecular complexity index is 1210. The van der Waals surface area contributed by atoms with Crippen LogP contribution in [0.5, 0.6) is 11.5 Å². The van der Waals surface area contributed by atoms with E-state index in [0.29, 0.717) is 28.9 Å². The lowest BCUT2D eigenvalue weighted by molar-refractivity contribution is 0.344. The number of rotatable bonds is 6. The van der Waals surface area contributed by atoms with E-state index in [2.05, 4.69) is 0 Å². The maximum absolute atomic E-state index is 13.6. The number of ether oxygens (including phenoxy) is 2. The highest BCUT2D eigenvalue weighted by atomic mass is 16.5. The van der Waals surface area contributed by atoms with Gasteiger partial charge in [-0.15, -0.1) is 0 Å². The molecular formula is C24H29N3O4. The minimum absolute atomic E-state index is 0.102. The number of nitrogens with zero attached hydrogens (tertiary/aromatic N) is 2. The summed E-state index contributed by atoms with van der Waals surface area (Å²) in [6.07, 6.45) is 5.26. The third kappa shape index (κ3) is 3.97. The van der Waals surface area contributed by atoms with Gasteiger partial charge in [0.05, 0.1) is 31.7 Å². The van der Waals surface area contributed by atoms with Crippen molar-refractivity contribution in [2.45, 2.75) is 51.2 Å². The summed E-state index contributed by atoms with van der Waals surface area (Å²) in [6, 6.07) is 11.1. The van der Waals surface area contributed by atoms with Gasteiger partial charge in [-0.05, 0) is 48.2 Å². The van der Waals surface area contributed by atoms with E-state index < -0.39 is 0 Å². The fourth-order valence-corrected chi connectivity index (χ4v) is 4.55. The van der Waals surface area contributed by atoms with Crippen LogP contribution >= 0.6 is 0 Å². The van der Waals surface area contributed by atoms with Crippen LogP contribution in [0, 0.1) is 0 Å². The summed E-state index contributed by atoms with van der Waals surface area (Å²) in [6.45, 7) is 0.501. The topological polar surface area (TPSA) is 88.5 Å². The van der Waals surface area contributed by atoms with Gasteiger partial charge in [-0.3, -0.25) is 13.9 Å². The molecule has 0 atom stereocenters. The number of nitrogens with two attached hydrogens (primary N) is 1. The molecule has 7 heteroatoms. The second kappa shape index (κ2) is 8.98. The van der Waals surface area contributed by atoms with Crippen LogP contribution in [0.15, 0.2) is 46.0 Å². The molecule has 2 N–H and O–H groups in total. The molecule has 3 aromatic rings. The lowest BCUT2D eigenvalue weighted by Gasteiger charge is -2.26. The van der Waals surface area contributed by atoms with Crippen molar-refractivity contribution in [3.63, 3.8) is 0 Å². The molecule has 164 valence electrons. The fraction of sp³-hybridized carbons (Fsp3) is 0.417. The molecule has 1 aliphatic carbocycles. The first-order valence-corrected chi connectivity index (χ1v) is 10.8. The summed E-state index contributed by atoms with van der Waals surface area (Å²) < 4.78 is 13.8. The molecule has 0 saturated heterocycles. The predicted molar refractivity (Wildman–Crippen MR) is 121 cm³/mol. The third-order valence-corrected chi connectivity index (χ3v) is 6.20. The van der Waals surface area contributed by atoms with Crippen LogP contribution in [0.1, 0.15) is 49.3 Å². The largest absolute Gasteiger partial charge is 0.493 e. The maximum atomic E-state index is 13.6. The molecule has 7 nitrogen and oxygen atoms in total.